The molecule has 2 N–H and O–H groups in total. The van der Waals surface area contributed by atoms with Gasteiger partial charge in [-0.1, -0.05) is 65.8 Å². The van der Waals surface area contributed by atoms with Crippen molar-refractivity contribution < 1.29 is 14.3 Å². The fourth-order valence-corrected chi connectivity index (χ4v) is 4.07. The fraction of sp³-hybridized carbons (Fsp3) is 0.481. The number of nitrogens with two attached hydrogens (primary N) is 1. The Morgan fingerprint density at radius 3 is 1.87 bits per heavy atom. The molecule has 4 nitrogen and oxygen atoms in total. The summed E-state index contributed by atoms with van der Waals surface area (Å²) in [5.74, 6) is 0.423. The topological polar surface area (TPSA) is 69.4 Å². The predicted octanol–water partition coefficient (Wildman–Crippen LogP) is 6.51. The standard InChI is InChI=1S/C27H37NO3/c1-16(2)20-10-13-23(25(14-20)27(30)31-7)19(6)9-8-18(5)21-11-12-22(17(3)4)24(15-21)26(28)29/h10-19H,8-9H2,1-7H3,(H2,28,29). The second-order valence-corrected chi connectivity index (χ2v) is 9.24. The molecule has 1 amide bonds. The molecule has 0 heterocycles. The second kappa shape index (κ2) is 10.6. The summed E-state index contributed by atoms with van der Waals surface area (Å²) in [4.78, 5) is 24.3. The average molecular weight is 424 g/mol. The van der Waals surface area contributed by atoms with Gasteiger partial charge in [0.25, 0.3) is 0 Å². The van der Waals surface area contributed by atoms with E-state index in [4.69, 9.17) is 10.5 Å². The van der Waals surface area contributed by atoms with Crippen LogP contribution in [0.1, 0.15) is 121 Å². The maximum atomic E-state index is 12.4. The van der Waals surface area contributed by atoms with Gasteiger partial charge >= 0.3 is 5.97 Å². The zero-order chi connectivity index (χ0) is 23.3. The first-order chi connectivity index (χ1) is 14.6. The Labute approximate surface area is 187 Å². The number of amides is 1. The van der Waals surface area contributed by atoms with Gasteiger partial charge in [0.05, 0.1) is 12.7 Å². The third-order valence-electron chi connectivity index (χ3n) is 6.25. The highest BCUT2D eigenvalue weighted by atomic mass is 16.5. The molecular weight excluding hydrogens is 386 g/mol. The highest BCUT2D eigenvalue weighted by Gasteiger charge is 2.20. The molecule has 2 unspecified atom stereocenters. The van der Waals surface area contributed by atoms with Gasteiger partial charge in [0.2, 0.25) is 5.91 Å². The summed E-state index contributed by atoms with van der Waals surface area (Å²) in [5, 5.41) is 0. The molecular formula is C27H37NO3. The van der Waals surface area contributed by atoms with Crippen LogP contribution >= 0.6 is 0 Å². The lowest BCUT2D eigenvalue weighted by molar-refractivity contribution is 0.0598. The molecule has 0 aliphatic carbocycles. The number of rotatable bonds is 9. The molecule has 0 aliphatic heterocycles. The number of primary amides is 1. The predicted molar refractivity (Wildman–Crippen MR) is 127 cm³/mol. The normalized spacial score (nSPS) is 13.3. The minimum absolute atomic E-state index is 0.211. The summed E-state index contributed by atoms with van der Waals surface area (Å²) in [5.41, 5.74) is 11.2. The van der Waals surface area contributed by atoms with E-state index in [0.29, 0.717) is 17.0 Å². The van der Waals surface area contributed by atoms with E-state index in [1.165, 1.54) is 7.11 Å². The third kappa shape index (κ3) is 5.96. The van der Waals surface area contributed by atoms with Gasteiger partial charge in [-0.05, 0) is 70.9 Å². The number of carbonyl (C=O) groups excluding carboxylic acids is 2. The lowest BCUT2D eigenvalue weighted by atomic mass is 9.85. The van der Waals surface area contributed by atoms with Gasteiger partial charge in [0, 0.05) is 5.56 Å². The summed E-state index contributed by atoms with van der Waals surface area (Å²) in [6.45, 7) is 12.7. The van der Waals surface area contributed by atoms with Gasteiger partial charge in [-0.15, -0.1) is 0 Å². The van der Waals surface area contributed by atoms with Crippen molar-refractivity contribution in [1.82, 2.24) is 0 Å². The van der Waals surface area contributed by atoms with Crippen LogP contribution in [0.3, 0.4) is 0 Å². The van der Waals surface area contributed by atoms with E-state index in [2.05, 4.69) is 59.7 Å². The molecule has 0 saturated heterocycles. The Kier molecular flexibility index (Phi) is 8.43. The Morgan fingerprint density at radius 2 is 1.32 bits per heavy atom. The van der Waals surface area contributed by atoms with Crippen molar-refractivity contribution in [1.29, 1.82) is 0 Å². The molecule has 0 aliphatic rings. The largest absolute Gasteiger partial charge is 0.465 e. The molecule has 168 valence electrons. The molecule has 0 fully saturated rings. The van der Waals surface area contributed by atoms with Crippen molar-refractivity contribution in [2.24, 2.45) is 5.73 Å². The molecule has 2 rings (SSSR count). The van der Waals surface area contributed by atoms with Gasteiger partial charge < -0.3 is 10.5 Å². The number of hydrogen-bond acceptors (Lipinski definition) is 3. The Balaban J connectivity index is 2.21. The minimum Gasteiger partial charge on any atom is -0.465 e. The second-order valence-electron chi connectivity index (χ2n) is 9.24. The SMILES string of the molecule is COC(=O)c1cc(C(C)C)ccc1C(C)CCC(C)c1ccc(C(C)C)c(C(N)=O)c1. The highest BCUT2D eigenvalue weighted by molar-refractivity contribution is 5.94. The number of methoxy groups -OCH3 is 1. The molecule has 2 aromatic rings. The molecule has 31 heavy (non-hydrogen) atoms. The number of carbonyl (C=O) groups is 2. The molecule has 0 aromatic heterocycles. The van der Waals surface area contributed by atoms with Gasteiger partial charge in [0.1, 0.15) is 0 Å². The van der Waals surface area contributed by atoms with Gasteiger partial charge in [-0.2, -0.15) is 0 Å². The van der Waals surface area contributed by atoms with E-state index in [0.717, 1.165) is 35.1 Å². The van der Waals surface area contributed by atoms with Crippen LogP contribution in [0, 0.1) is 0 Å². The third-order valence-corrected chi connectivity index (χ3v) is 6.25. The molecule has 0 bridgehead atoms. The molecule has 0 spiro atoms. The van der Waals surface area contributed by atoms with Crippen LogP contribution in [0.4, 0.5) is 0 Å². The van der Waals surface area contributed by atoms with Crippen molar-refractivity contribution in [3.8, 4) is 0 Å². The van der Waals surface area contributed by atoms with Crippen molar-refractivity contribution in [2.45, 2.75) is 78.1 Å². The molecule has 2 atom stereocenters. The molecule has 4 heteroatoms. The number of hydrogen-bond donors (Lipinski definition) is 1. The molecule has 2 aromatic carbocycles. The first-order valence-corrected chi connectivity index (χ1v) is 11.2. The first-order valence-electron chi connectivity index (χ1n) is 11.2. The zero-order valence-corrected chi connectivity index (χ0v) is 20.0. The van der Waals surface area contributed by atoms with E-state index >= 15 is 0 Å². The van der Waals surface area contributed by atoms with E-state index < -0.39 is 0 Å². The Bertz CT molecular complexity index is 930. The maximum Gasteiger partial charge on any atom is 0.338 e. The Morgan fingerprint density at radius 1 is 0.774 bits per heavy atom. The van der Waals surface area contributed by atoms with Gasteiger partial charge in [-0.3, -0.25) is 4.79 Å². The average Bonchev–Trinajstić information content (AvgIpc) is 2.75. The summed E-state index contributed by atoms with van der Waals surface area (Å²) in [7, 11) is 1.43. The minimum atomic E-state index is -0.376. The molecule has 0 radical (unpaired) electrons. The van der Waals surface area contributed by atoms with Gasteiger partial charge in [-0.25, -0.2) is 4.79 Å². The van der Waals surface area contributed by atoms with Crippen molar-refractivity contribution in [3.05, 3.63) is 69.8 Å². The smallest absolute Gasteiger partial charge is 0.338 e. The van der Waals surface area contributed by atoms with Crippen molar-refractivity contribution >= 4 is 11.9 Å². The van der Waals surface area contributed by atoms with Crippen LogP contribution in [-0.2, 0) is 4.74 Å². The number of esters is 1. The van der Waals surface area contributed by atoms with Crippen LogP contribution in [-0.4, -0.2) is 19.0 Å². The fourth-order valence-electron chi connectivity index (χ4n) is 4.07. The maximum absolute atomic E-state index is 12.4. The zero-order valence-electron chi connectivity index (χ0n) is 20.0. The van der Waals surface area contributed by atoms with E-state index in [9.17, 15) is 9.59 Å². The number of ether oxygens (including phenoxy) is 1. The monoisotopic (exact) mass is 423 g/mol. The van der Waals surface area contributed by atoms with Crippen molar-refractivity contribution in [2.75, 3.05) is 7.11 Å². The van der Waals surface area contributed by atoms with E-state index in [-0.39, 0.29) is 29.6 Å². The molecule has 0 saturated carbocycles. The number of benzene rings is 2. The van der Waals surface area contributed by atoms with E-state index in [1.54, 1.807) is 0 Å². The van der Waals surface area contributed by atoms with E-state index in [1.807, 2.05) is 18.2 Å². The summed E-state index contributed by atoms with van der Waals surface area (Å²) in [6, 6.07) is 12.2. The summed E-state index contributed by atoms with van der Waals surface area (Å²) in [6.07, 6.45) is 1.86. The van der Waals surface area contributed by atoms with Crippen LogP contribution in [0.25, 0.3) is 0 Å². The van der Waals surface area contributed by atoms with Crippen LogP contribution in [0.15, 0.2) is 36.4 Å². The van der Waals surface area contributed by atoms with Crippen LogP contribution < -0.4 is 5.73 Å². The summed E-state index contributed by atoms with van der Waals surface area (Å²) < 4.78 is 5.04. The highest BCUT2D eigenvalue weighted by Crippen LogP contribution is 2.32. The quantitative estimate of drug-likeness (QED) is 0.468. The Hall–Kier alpha value is -2.62. The first kappa shape index (κ1) is 24.6. The van der Waals surface area contributed by atoms with Crippen LogP contribution in [0.2, 0.25) is 0 Å². The lowest BCUT2D eigenvalue weighted by Gasteiger charge is -2.20. The van der Waals surface area contributed by atoms with Gasteiger partial charge in [0.15, 0.2) is 0 Å². The van der Waals surface area contributed by atoms with Crippen LogP contribution in [0.5, 0.6) is 0 Å². The lowest BCUT2D eigenvalue weighted by Crippen LogP contribution is -2.15. The summed E-state index contributed by atoms with van der Waals surface area (Å²) >= 11 is 0. The van der Waals surface area contributed by atoms with Crippen molar-refractivity contribution in [3.63, 3.8) is 0 Å².